The quantitative estimate of drug-likeness (QED) is 0.332. The molecule has 0 amide bonds. The van der Waals surface area contributed by atoms with Crippen LogP contribution in [0.5, 0.6) is 0 Å². The Morgan fingerprint density at radius 1 is 0.774 bits per heavy atom. The Morgan fingerprint density at radius 2 is 1.03 bits per heavy atom. The van der Waals surface area contributed by atoms with Gasteiger partial charge in [-0.3, -0.25) is 0 Å². The van der Waals surface area contributed by atoms with Gasteiger partial charge in [-0.25, -0.2) is 33.7 Å². The summed E-state index contributed by atoms with van der Waals surface area (Å²) < 4.78 is 77.8. The summed E-state index contributed by atoms with van der Waals surface area (Å²) in [7, 11) is 5.03. The topological polar surface area (TPSA) is 137 Å². The van der Waals surface area contributed by atoms with Crippen molar-refractivity contribution in [1.82, 2.24) is 0 Å². The average Bonchev–Trinajstić information content (AvgIpc) is 2.42. The zero-order chi connectivity index (χ0) is 25.9. The molecule has 0 spiro atoms. The van der Waals surface area contributed by atoms with Gasteiger partial charge < -0.3 is 0 Å². The normalized spacial score (nSPS) is 12.4. The highest BCUT2D eigenvalue weighted by Gasteiger charge is 2.35. The highest BCUT2D eigenvalue weighted by molar-refractivity contribution is 8.17. The molecule has 186 valence electrons. The molecule has 1 rings (SSSR count). The second-order valence-electron chi connectivity index (χ2n) is 5.26. The summed E-state index contributed by atoms with van der Waals surface area (Å²) in [5.74, 6) is -0.102. The van der Waals surface area contributed by atoms with Crippen LogP contribution < -0.4 is 0 Å². The number of benzene rings is 1. The van der Waals surface area contributed by atoms with Gasteiger partial charge in [0.05, 0.1) is 17.3 Å². The van der Waals surface area contributed by atoms with Gasteiger partial charge in [-0.1, -0.05) is 65.1 Å². The second-order valence-corrected chi connectivity index (χ2v) is 19.9. The van der Waals surface area contributed by atoms with E-state index in [0.717, 1.165) is 6.26 Å². The van der Waals surface area contributed by atoms with E-state index in [2.05, 4.69) is 21.4 Å². The predicted octanol–water partition coefficient (Wildman–Crippen LogP) is 4.79. The number of alkyl halides is 3. The van der Waals surface area contributed by atoms with Gasteiger partial charge in [0.1, 0.15) is 0 Å². The molecule has 0 N–H and O–H groups in total. The van der Waals surface area contributed by atoms with E-state index in [4.69, 9.17) is 56.2 Å². The molecule has 0 heterocycles. The lowest BCUT2D eigenvalue weighted by atomic mass is 10.2. The molecule has 1 aromatic rings. The van der Waals surface area contributed by atoms with Crippen LogP contribution in [0.4, 0.5) is 0 Å². The third-order valence-electron chi connectivity index (χ3n) is 2.02. The van der Waals surface area contributed by atoms with Crippen molar-refractivity contribution >= 4 is 114 Å². The van der Waals surface area contributed by atoms with Gasteiger partial charge in [-0.2, -0.15) is 0 Å². The molecule has 0 saturated heterocycles. The summed E-state index contributed by atoms with van der Waals surface area (Å²) in [5.41, 5.74) is 0.711. The van der Waals surface area contributed by atoms with Gasteiger partial charge in [0.2, 0.25) is 27.2 Å². The number of rotatable bonds is 3. The minimum atomic E-state index is -4.07. The van der Waals surface area contributed by atoms with Crippen molar-refractivity contribution in [1.29, 1.82) is 0 Å². The highest BCUT2D eigenvalue weighted by Crippen LogP contribution is 2.35. The summed E-state index contributed by atoms with van der Waals surface area (Å²) in [6, 6.07) is 8.82. The van der Waals surface area contributed by atoms with Crippen molar-refractivity contribution in [2.24, 2.45) is 0 Å². The maximum atomic E-state index is 10.6. The second kappa shape index (κ2) is 15.1. The van der Waals surface area contributed by atoms with Crippen LogP contribution in [-0.2, 0) is 42.0 Å². The van der Waals surface area contributed by atoms with E-state index in [0.29, 0.717) is 5.56 Å². The molecule has 0 aromatic heterocycles. The summed E-state index contributed by atoms with van der Waals surface area (Å²) in [6.07, 6.45) is 0.925. The lowest BCUT2D eigenvalue weighted by Crippen LogP contribution is -2.11. The molecule has 8 nitrogen and oxygen atoms in total. The maximum absolute atomic E-state index is 10.6. The molecule has 0 aliphatic heterocycles. The molecule has 0 fully saturated rings. The minimum absolute atomic E-state index is 0.102. The zero-order valence-corrected chi connectivity index (χ0v) is 24.3. The van der Waals surface area contributed by atoms with E-state index >= 15 is 0 Å². The molecule has 0 aliphatic rings. The predicted molar refractivity (Wildman–Crippen MR) is 131 cm³/mol. The smallest absolute Gasteiger partial charge is 0.213 e. The Balaban J connectivity index is -0.000000352. The fraction of sp³-hybridized carbons (Fsp3) is 0.500. The van der Waals surface area contributed by atoms with Crippen LogP contribution in [0, 0.1) is 0 Å². The summed E-state index contributed by atoms with van der Waals surface area (Å²) in [4.78, 5) is 0. The first-order chi connectivity index (χ1) is 13.3. The highest BCUT2D eigenvalue weighted by atomic mass is 35.7. The van der Waals surface area contributed by atoms with Crippen LogP contribution >= 0.6 is 77.5 Å². The van der Waals surface area contributed by atoms with E-state index in [-0.39, 0.29) is 5.75 Å². The molecule has 0 radical (unpaired) electrons. The Hall–Kier alpha value is 1.05. The number of halogens is 7. The van der Waals surface area contributed by atoms with Crippen molar-refractivity contribution < 1.29 is 33.7 Å². The van der Waals surface area contributed by atoms with Crippen LogP contribution in [0.1, 0.15) is 19.4 Å². The van der Waals surface area contributed by atoms with Gasteiger partial charge >= 0.3 is 3.12 Å². The minimum Gasteiger partial charge on any atom is -0.213 e. The van der Waals surface area contributed by atoms with E-state index in [1.54, 1.807) is 24.3 Å². The zero-order valence-electron chi connectivity index (χ0n) is 15.7. The average molecular weight is 666 g/mol. The van der Waals surface area contributed by atoms with Crippen molar-refractivity contribution in [3.05, 3.63) is 35.9 Å². The Bertz CT molecular complexity index is 1060. The van der Waals surface area contributed by atoms with Crippen LogP contribution in [0.2, 0.25) is 0 Å². The molecule has 19 heteroatoms. The van der Waals surface area contributed by atoms with E-state index in [1.807, 2.05) is 6.07 Å². The Kier molecular flexibility index (Phi) is 17.9. The van der Waals surface area contributed by atoms with E-state index in [9.17, 15) is 33.7 Å². The van der Waals surface area contributed by atoms with Crippen molar-refractivity contribution in [2.75, 3.05) is 6.26 Å². The Labute approximate surface area is 215 Å². The third-order valence-corrected chi connectivity index (χ3v) is 9.01. The first-order valence-electron chi connectivity index (χ1n) is 7.07. The van der Waals surface area contributed by atoms with Gasteiger partial charge in [0, 0.05) is 42.7 Å². The molecule has 0 unspecified atom stereocenters. The number of hydrogen-bond donors (Lipinski definition) is 0. The maximum Gasteiger partial charge on any atom is 0.307 e. The summed E-state index contributed by atoms with van der Waals surface area (Å²) >= 11 is 14.5. The van der Waals surface area contributed by atoms with Crippen LogP contribution in [0.25, 0.3) is 0 Å². The van der Waals surface area contributed by atoms with Crippen LogP contribution in [-0.4, -0.2) is 48.3 Å². The van der Waals surface area contributed by atoms with E-state index in [1.165, 1.54) is 13.8 Å². The van der Waals surface area contributed by atoms with Crippen molar-refractivity contribution in [3.8, 4) is 0 Å². The number of hydrogen-bond acceptors (Lipinski definition) is 8. The van der Waals surface area contributed by atoms with Crippen LogP contribution in [0.15, 0.2) is 30.3 Å². The Morgan fingerprint density at radius 3 is 1.19 bits per heavy atom. The lowest BCUT2D eigenvalue weighted by Gasteiger charge is -2.02. The van der Waals surface area contributed by atoms with Crippen molar-refractivity contribution in [3.63, 3.8) is 0 Å². The lowest BCUT2D eigenvalue weighted by molar-refractivity contribution is 0.601. The molecule has 0 atom stereocenters. The van der Waals surface area contributed by atoms with Crippen molar-refractivity contribution in [2.45, 2.75) is 28.0 Å². The van der Waals surface area contributed by atoms with Gasteiger partial charge in [-0.15, -0.1) is 0 Å². The molecule has 0 bridgehead atoms. The summed E-state index contributed by atoms with van der Waals surface area (Å²) in [6.45, 7) is 3.06. The van der Waals surface area contributed by atoms with Crippen LogP contribution in [0.3, 0.4) is 0 Å². The van der Waals surface area contributed by atoms with E-state index < -0.39 is 44.6 Å². The monoisotopic (exact) mass is 662 g/mol. The SMILES string of the molecule is CC(C)S(=O)(=O)Cl.CS(=O)(=O)Cl.O=S(=O)(Cl)C(Cl)(Cl)Cl.O=S(=O)(Cl)Cc1ccccc1. The van der Waals surface area contributed by atoms with Gasteiger partial charge in [0.25, 0.3) is 9.05 Å². The molecular formula is C12H17Cl7O8S4. The van der Waals surface area contributed by atoms with Gasteiger partial charge in [0.15, 0.2) is 0 Å². The fourth-order valence-electron chi connectivity index (χ4n) is 0.773. The molecule has 0 aliphatic carbocycles. The van der Waals surface area contributed by atoms with Gasteiger partial charge in [-0.05, 0) is 19.4 Å². The molecular weight excluding hydrogens is 649 g/mol. The summed E-state index contributed by atoms with van der Waals surface area (Å²) in [5, 5.41) is -0.464. The molecule has 31 heavy (non-hydrogen) atoms. The largest absolute Gasteiger partial charge is 0.307 e. The third kappa shape index (κ3) is 31.0. The molecule has 0 saturated carbocycles. The fourth-order valence-corrected chi connectivity index (χ4v) is 1.74. The molecule has 1 aromatic carbocycles. The first kappa shape index (κ1) is 36.6. The standard InChI is InChI=1S/C7H7ClO2S.C3H7ClO2S.CCl4O2S.CH3ClO2S/c8-11(9,10)6-7-4-2-1-3-5-7;1-3(2)7(4,5)6;2-1(3,4)8(5,6)7;1-5(2,3)4/h1-5H,6H2;3H,1-2H3;;1H3. The first-order valence-corrected chi connectivity index (χ1v) is 18.1.